The van der Waals surface area contributed by atoms with E-state index in [4.69, 9.17) is 0 Å². The topological polar surface area (TPSA) is 38.1 Å². The maximum atomic E-state index is 4.15. The monoisotopic (exact) mass is 271 g/mol. The number of hydrogen-bond acceptors (Lipinski definition) is 3. The summed E-state index contributed by atoms with van der Waals surface area (Å²) < 4.78 is 6.27. The van der Waals surface area contributed by atoms with Crippen molar-refractivity contribution in [1.82, 2.24) is 9.97 Å². The van der Waals surface area contributed by atoms with E-state index in [-0.39, 0.29) is 21.0 Å². The fourth-order valence-electron chi connectivity index (χ4n) is 0.830. The molecule has 0 spiro atoms. The molecule has 4 heteroatoms. The SMILES string of the molecule is C1=CC(c2ncccn2)=CI=N1. The Morgan fingerprint density at radius 1 is 1.17 bits per heavy atom. The van der Waals surface area contributed by atoms with Crippen LogP contribution >= 0.6 is 21.0 Å². The van der Waals surface area contributed by atoms with Gasteiger partial charge in [0.15, 0.2) is 5.82 Å². The van der Waals surface area contributed by atoms with Crippen LogP contribution in [0.3, 0.4) is 0 Å². The lowest BCUT2D eigenvalue weighted by atomic mass is 10.3. The molecule has 0 aromatic carbocycles. The maximum Gasteiger partial charge on any atom is 0.159 e. The van der Waals surface area contributed by atoms with Crippen molar-refractivity contribution in [2.45, 2.75) is 0 Å². The lowest BCUT2D eigenvalue weighted by molar-refractivity contribution is 1.12. The molecule has 2 heterocycles. The number of nitrogens with zero attached hydrogens (tertiary/aromatic N) is 3. The van der Waals surface area contributed by atoms with Crippen molar-refractivity contribution in [2.75, 3.05) is 0 Å². The maximum absolute atomic E-state index is 4.15. The van der Waals surface area contributed by atoms with Gasteiger partial charge in [0.1, 0.15) is 0 Å². The molecule has 0 saturated carbocycles. The van der Waals surface area contributed by atoms with E-state index in [1.54, 1.807) is 12.4 Å². The van der Waals surface area contributed by atoms with E-state index < -0.39 is 0 Å². The molecular weight excluding hydrogens is 265 g/mol. The molecule has 2 rings (SSSR count). The first-order chi connectivity index (χ1) is 5.97. The summed E-state index contributed by atoms with van der Waals surface area (Å²) in [6, 6.07) is 1.82. The minimum Gasteiger partial charge on any atom is -0.237 e. The molecule has 0 radical (unpaired) electrons. The molecule has 0 unspecified atom stereocenters. The molecule has 0 atom stereocenters. The molecule has 12 heavy (non-hydrogen) atoms. The highest BCUT2D eigenvalue weighted by Crippen LogP contribution is 2.21. The van der Waals surface area contributed by atoms with E-state index in [2.05, 4.69) is 17.2 Å². The summed E-state index contributed by atoms with van der Waals surface area (Å²) in [5.74, 6) is 0.795. The second-order valence-electron chi connectivity index (χ2n) is 2.15. The highest BCUT2D eigenvalue weighted by atomic mass is 127. The van der Waals surface area contributed by atoms with E-state index in [9.17, 15) is 0 Å². The van der Waals surface area contributed by atoms with Crippen molar-refractivity contribution >= 4 is 26.6 Å². The van der Waals surface area contributed by atoms with Gasteiger partial charge in [-0.15, -0.1) is 0 Å². The molecule has 0 N–H and O–H groups in total. The third-order valence-electron chi connectivity index (χ3n) is 1.36. The predicted octanol–water partition coefficient (Wildman–Crippen LogP) is 2.50. The van der Waals surface area contributed by atoms with Crippen molar-refractivity contribution in [3.8, 4) is 0 Å². The molecule has 0 aliphatic carbocycles. The zero-order valence-corrected chi connectivity index (χ0v) is 8.34. The highest BCUT2D eigenvalue weighted by molar-refractivity contribution is 14.2. The largest absolute Gasteiger partial charge is 0.237 e. The summed E-state index contributed by atoms with van der Waals surface area (Å²) >= 11 is -0.155. The van der Waals surface area contributed by atoms with Gasteiger partial charge in [-0.2, -0.15) is 0 Å². The first-order valence-corrected chi connectivity index (χ1v) is 5.65. The van der Waals surface area contributed by atoms with E-state index in [1.807, 2.05) is 18.3 Å². The normalized spacial score (nSPS) is 15.2. The molecule has 60 valence electrons. The summed E-state index contributed by atoms with van der Waals surface area (Å²) in [5.41, 5.74) is 1.10. The number of allylic oxidation sites excluding steroid dienone is 2. The lowest BCUT2D eigenvalue weighted by Crippen LogP contribution is -1.89. The molecule has 1 aromatic heterocycles. The Bertz CT molecular complexity index is 354. The molecule has 0 saturated heterocycles. The Hall–Kier alpha value is -0.910. The van der Waals surface area contributed by atoms with Crippen LogP contribution in [0.2, 0.25) is 0 Å². The van der Waals surface area contributed by atoms with Crippen molar-refractivity contribution in [3.63, 3.8) is 0 Å². The second kappa shape index (κ2) is 3.66. The van der Waals surface area contributed by atoms with Gasteiger partial charge in [0, 0.05) is 49.3 Å². The van der Waals surface area contributed by atoms with Crippen LogP contribution < -0.4 is 0 Å². The van der Waals surface area contributed by atoms with Crippen LogP contribution in [-0.2, 0) is 0 Å². The van der Waals surface area contributed by atoms with Crippen molar-refractivity contribution in [3.05, 3.63) is 40.6 Å². The van der Waals surface area contributed by atoms with Crippen LogP contribution in [0.5, 0.6) is 0 Å². The van der Waals surface area contributed by atoms with Crippen molar-refractivity contribution in [1.29, 1.82) is 0 Å². The summed E-state index contributed by atoms with van der Waals surface area (Å²) in [6.07, 6.45) is 7.28. The van der Waals surface area contributed by atoms with Gasteiger partial charge in [-0.05, 0) is 12.1 Å². The Balaban J connectivity index is 2.38. The number of rotatable bonds is 1. The van der Waals surface area contributed by atoms with Crippen LogP contribution in [0.25, 0.3) is 5.57 Å². The summed E-state index contributed by atoms with van der Waals surface area (Å²) in [5, 5.41) is 0. The first-order valence-electron chi connectivity index (χ1n) is 3.44. The number of aromatic nitrogens is 2. The number of halogens is 1. The Morgan fingerprint density at radius 2 is 2.00 bits per heavy atom. The Kier molecular flexibility index (Phi) is 2.36. The quantitative estimate of drug-likeness (QED) is 0.736. The zero-order valence-electron chi connectivity index (χ0n) is 6.18. The van der Waals surface area contributed by atoms with Crippen LogP contribution in [-0.4, -0.2) is 9.97 Å². The standard InChI is InChI=1S/C8H6IN3/c1-3-10-8(11-4-1)7-2-5-12-9-6-7/h1-6H. The third kappa shape index (κ3) is 1.63. The first kappa shape index (κ1) is 7.72. The van der Waals surface area contributed by atoms with Gasteiger partial charge < -0.3 is 0 Å². The van der Waals surface area contributed by atoms with Gasteiger partial charge >= 0.3 is 0 Å². The molecular formula is C8H6IN3. The van der Waals surface area contributed by atoms with E-state index in [1.165, 1.54) is 0 Å². The molecule has 3 nitrogen and oxygen atoms in total. The third-order valence-corrected chi connectivity index (χ3v) is 2.95. The Morgan fingerprint density at radius 3 is 2.67 bits per heavy atom. The van der Waals surface area contributed by atoms with Gasteiger partial charge in [-0.3, -0.25) is 0 Å². The van der Waals surface area contributed by atoms with Crippen LogP contribution in [0.4, 0.5) is 0 Å². The average molecular weight is 271 g/mol. The fourth-order valence-corrected chi connectivity index (χ4v) is 2.12. The van der Waals surface area contributed by atoms with Crippen LogP contribution in [0.15, 0.2) is 38.0 Å². The second-order valence-corrected chi connectivity index (χ2v) is 3.88. The highest BCUT2D eigenvalue weighted by Gasteiger charge is 2.00. The van der Waals surface area contributed by atoms with E-state index >= 15 is 0 Å². The van der Waals surface area contributed by atoms with Gasteiger partial charge in [0.25, 0.3) is 0 Å². The molecule has 0 amide bonds. The van der Waals surface area contributed by atoms with Crippen LogP contribution in [0, 0.1) is 0 Å². The summed E-state index contributed by atoms with van der Waals surface area (Å²) in [6.45, 7) is 0. The van der Waals surface area contributed by atoms with Gasteiger partial charge in [0.2, 0.25) is 0 Å². The van der Waals surface area contributed by atoms with Gasteiger partial charge in [-0.1, -0.05) is 0 Å². The predicted molar refractivity (Wildman–Crippen MR) is 55.6 cm³/mol. The smallest absolute Gasteiger partial charge is 0.159 e. The van der Waals surface area contributed by atoms with E-state index in [0.717, 1.165) is 11.4 Å². The van der Waals surface area contributed by atoms with Gasteiger partial charge in [-0.25, -0.2) is 13.1 Å². The minimum absolute atomic E-state index is 0.155. The minimum atomic E-state index is -0.155. The molecule has 1 aliphatic heterocycles. The summed E-state index contributed by atoms with van der Waals surface area (Å²) in [4.78, 5) is 8.30. The fraction of sp³-hybridized carbons (Fsp3) is 0. The molecule has 0 fully saturated rings. The lowest BCUT2D eigenvalue weighted by Gasteiger charge is -1.98. The van der Waals surface area contributed by atoms with Crippen molar-refractivity contribution < 1.29 is 0 Å². The molecule has 0 bridgehead atoms. The summed E-state index contributed by atoms with van der Waals surface area (Å²) in [7, 11) is 0. The number of hydrogen-bond donors (Lipinski definition) is 0. The Labute approximate surface area is 80.4 Å². The average Bonchev–Trinajstić information content (AvgIpc) is 2.21. The van der Waals surface area contributed by atoms with Crippen molar-refractivity contribution in [2.24, 2.45) is 3.15 Å². The van der Waals surface area contributed by atoms with E-state index in [0.29, 0.717) is 0 Å². The van der Waals surface area contributed by atoms with Gasteiger partial charge in [0.05, 0.1) is 0 Å². The molecule has 1 aromatic rings. The zero-order chi connectivity index (χ0) is 8.23. The molecule has 1 aliphatic rings. The van der Waals surface area contributed by atoms with Crippen LogP contribution in [0.1, 0.15) is 5.82 Å².